The molecule has 1 aromatic carbocycles. The van der Waals surface area contributed by atoms with Gasteiger partial charge in [0.15, 0.2) is 0 Å². The van der Waals surface area contributed by atoms with E-state index in [0.29, 0.717) is 53.3 Å². The summed E-state index contributed by atoms with van der Waals surface area (Å²) in [4.78, 5) is 83.9. The summed E-state index contributed by atoms with van der Waals surface area (Å²) in [6, 6.07) is 8.27. The van der Waals surface area contributed by atoms with Gasteiger partial charge in [0.2, 0.25) is 17.8 Å². The number of piperidine rings is 3. The van der Waals surface area contributed by atoms with Crippen LogP contribution in [-0.4, -0.2) is 129 Å². The van der Waals surface area contributed by atoms with Crippen LogP contribution in [0.15, 0.2) is 48.9 Å². The molecule has 3 saturated heterocycles. The van der Waals surface area contributed by atoms with Gasteiger partial charge in [-0.25, -0.2) is 14.4 Å². The van der Waals surface area contributed by atoms with E-state index in [-0.39, 0.29) is 49.0 Å². The number of imide groups is 2. The van der Waals surface area contributed by atoms with Crippen molar-refractivity contribution in [2.24, 2.45) is 5.92 Å². The molecule has 18 heteroatoms. The molecule has 66 heavy (non-hydrogen) atoms. The Morgan fingerprint density at radius 3 is 2.48 bits per heavy atom. The first-order valence-corrected chi connectivity index (χ1v) is 23.6. The summed E-state index contributed by atoms with van der Waals surface area (Å²) in [5.41, 5.74) is 2.70. The molecule has 4 aromatic rings. The van der Waals surface area contributed by atoms with E-state index in [2.05, 4.69) is 59.5 Å². The van der Waals surface area contributed by atoms with Crippen LogP contribution in [-0.2, 0) is 14.3 Å². The van der Waals surface area contributed by atoms with E-state index in [1.54, 1.807) is 30.6 Å². The molecule has 17 nitrogen and oxygen atoms in total. The molecule has 7 heterocycles. The number of likely N-dealkylation sites (tertiary alicyclic amines) is 1. The Labute approximate surface area is 383 Å². The molecular weight excluding hydrogens is 846 g/mol. The van der Waals surface area contributed by atoms with Crippen molar-refractivity contribution in [1.29, 1.82) is 0 Å². The van der Waals surface area contributed by atoms with Crippen molar-refractivity contribution in [2.75, 3.05) is 55.4 Å². The second-order valence-electron chi connectivity index (χ2n) is 18.8. The third-order valence-electron chi connectivity index (χ3n) is 14.2. The topological polar surface area (TPSA) is 196 Å². The Morgan fingerprint density at radius 1 is 0.939 bits per heavy atom. The normalized spacial score (nSPS) is 24.2. The van der Waals surface area contributed by atoms with E-state index in [1.165, 1.54) is 7.11 Å². The molecule has 1 saturated carbocycles. The second kappa shape index (κ2) is 19.5. The lowest BCUT2D eigenvalue weighted by molar-refractivity contribution is -0.136. The highest BCUT2D eigenvalue weighted by molar-refractivity contribution is 6.25. The zero-order chi connectivity index (χ0) is 46.1. The molecule has 3 aromatic heterocycles. The third-order valence-corrected chi connectivity index (χ3v) is 14.2. The second-order valence-corrected chi connectivity index (χ2v) is 18.8. The number of benzene rings is 1. The van der Waals surface area contributed by atoms with Gasteiger partial charge >= 0.3 is 0 Å². The standard InChI is InChI=1S/C48H60FN11O6/c1-28(2)59-26-34(33-25-51-41(24-38(33)59)54-40-15-19-50-48(55-40)58-23-18-39(66-3)35(49)27-58)44(62)53-31-16-21-57(22-17-31)20-5-6-29-9-11-30(12-10-29)52-36-8-4-7-32-43(36)47(65)60(46(32)64)37-13-14-42(61)56-45(37)63/h4,7-8,15,19,24-26,28-31,35,37,39,52H,5-6,9-14,16-18,20-23,27H2,1-3H3,(H,53,62)(H,56,61,63)(H,50,51,54,55)/t29?,30?,35-,37?,39+/m1/s1. The summed E-state index contributed by atoms with van der Waals surface area (Å²) < 4.78 is 22.0. The van der Waals surface area contributed by atoms with Crippen LogP contribution in [0, 0.1) is 5.92 Å². The summed E-state index contributed by atoms with van der Waals surface area (Å²) in [6.45, 7) is 7.82. The van der Waals surface area contributed by atoms with Gasteiger partial charge in [-0.3, -0.25) is 34.2 Å². The maximum absolute atomic E-state index is 14.6. The Bertz CT molecular complexity index is 2480. The van der Waals surface area contributed by atoms with Crippen LogP contribution in [0.5, 0.6) is 0 Å². The van der Waals surface area contributed by atoms with Crippen LogP contribution >= 0.6 is 0 Å². The number of rotatable bonds is 14. The zero-order valence-corrected chi connectivity index (χ0v) is 37.9. The van der Waals surface area contributed by atoms with Gasteiger partial charge in [-0.2, -0.15) is 4.98 Å². The smallest absolute Gasteiger partial charge is 0.264 e. The maximum atomic E-state index is 14.6. The molecule has 0 spiro atoms. The number of amides is 5. The fourth-order valence-electron chi connectivity index (χ4n) is 10.5. The number of carbonyl (C=O) groups is 5. The number of carbonyl (C=O) groups excluding carboxylic acids is 5. The molecule has 1 unspecified atom stereocenters. The number of hydrogen-bond donors (Lipinski definition) is 4. The Kier molecular flexibility index (Phi) is 13.3. The monoisotopic (exact) mass is 905 g/mol. The minimum atomic E-state index is -1.12. The van der Waals surface area contributed by atoms with Crippen molar-refractivity contribution in [2.45, 2.75) is 121 Å². The number of methoxy groups -OCH3 is 1. The number of ether oxygens (including phenoxy) is 1. The Hall–Kier alpha value is -6.01. The van der Waals surface area contributed by atoms with Crippen LogP contribution < -0.4 is 26.2 Å². The van der Waals surface area contributed by atoms with Crippen LogP contribution in [0.2, 0.25) is 0 Å². The van der Waals surface area contributed by atoms with Gasteiger partial charge in [0.05, 0.1) is 34.9 Å². The summed E-state index contributed by atoms with van der Waals surface area (Å²) in [5, 5.41) is 13.2. The van der Waals surface area contributed by atoms with Crippen LogP contribution in [0.3, 0.4) is 0 Å². The SMILES string of the molecule is CO[C@H]1CCN(c2nccc(Nc3cc4c(cn3)c(C(=O)NC3CCN(CCCC5CCC(Nc6cccc7c6C(=O)N(C6CCC(=O)NC6=O)C7=O)CC5)CC3)cn4C(C)C)n2)C[C@H]1F. The van der Waals surface area contributed by atoms with Crippen LogP contribution in [0.1, 0.15) is 122 Å². The summed E-state index contributed by atoms with van der Waals surface area (Å²) in [6.07, 6.45) is 12.7. The number of fused-ring (bicyclic) bond motifs is 2. The third kappa shape index (κ3) is 9.47. The van der Waals surface area contributed by atoms with Crippen molar-refractivity contribution in [1.82, 2.24) is 40.0 Å². The quantitative estimate of drug-likeness (QED) is 0.112. The Balaban J connectivity index is 0.720. The van der Waals surface area contributed by atoms with Gasteiger partial charge in [0.25, 0.3) is 17.7 Å². The van der Waals surface area contributed by atoms with Gasteiger partial charge in [-0.15, -0.1) is 0 Å². The molecule has 4 fully saturated rings. The number of nitrogens with zero attached hydrogens (tertiary/aromatic N) is 7. The highest BCUT2D eigenvalue weighted by Crippen LogP contribution is 2.36. The minimum absolute atomic E-state index is 0.0850. The lowest BCUT2D eigenvalue weighted by Gasteiger charge is -2.33. The molecule has 9 rings (SSSR count). The van der Waals surface area contributed by atoms with Gasteiger partial charge < -0.3 is 35.1 Å². The number of nitrogens with one attached hydrogen (secondary N) is 4. The van der Waals surface area contributed by atoms with Crippen molar-refractivity contribution < 1.29 is 33.1 Å². The molecule has 0 radical (unpaired) electrons. The summed E-state index contributed by atoms with van der Waals surface area (Å²) >= 11 is 0. The fraction of sp³-hybridized carbons (Fsp3) is 0.542. The highest BCUT2D eigenvalue weighted by atomic mass is 19.1. The van der Waals surface area contributed by atoms with Crippen molar-refractivity contribution >= 4 is 63.7 Å². The minimum Gasteiger partial charge on any atom is -0.382 e. The number of hydrogen-bond acceptors (Lipinski definition) is 13. The molecular formula is C48H60FN11O6. The fourth-order valence-corrected chi connectivity index (χ4v) is 10.5. The predicted octanol–water partition coefficient (Wildman–Crippen LogP) is 5.76. The number of alkyl halides is 1. The molecule has 5 aliphatic rings. The number of aromatic nitrogens is 4. The van der Waals surface area contributed by atoms with E-state index in [0.717, 1.165) is 86.8 Å². The first-order valence-electron chi connectivity index (χ1n) is 23.6. The van der Waals surface area contributed by atoms with Crippen molar-refractivity contribution in [3.05, 3.63) is 65.6 Å². The average molecular weight is 906 g/mol. The predicted molar refractivity (Wildman–Crippen MR) is 247 cm³/mol. The van der Waals surface area contributed by atoms with E-state index < -0.39 is 41.9 Å². The van der Waals surface area contributed by atoms with E-state index in [9.17, 15) is 28.4 Å². The maximum Gasteiger partial charge on any atom is 0.264 e. The van der Waals surface area contributed by atoms with E-state index >= 15 is 0 Å². The molecule has 5 amide bonds. The summed E-state index contributed by atoms with van der Waals surface area (Å²) in [7, 11) is 1.53. The van der Waals surface area contributed by atoms with Gasteiger partial charge in [-0.1, -0.05) is 6.07 Å². The van der Waals surface area contributed by atoms with Crippen LogP contribution in [0.4, 0.5) is 27.7 Å². The number of anilines is 4. The molecule has 4 N–H and O–H groups in total. The van der Waals surface area contributed by atoms with Gasteiger partial charge in [0.1, 0.15) is 23.8 Å². The van der Waals surface area contributed by atoms with Crippen LogP contribution in [0.25, 0.3) is 10.9 Å². The van der Waals surface area contributed by atoms with E-state index in [4.69, 9.17) is 4.74 Å². The summed E-state index contributed by atoms with van der Waals surface area (Å²) in [5.74, 6) is 0.0931. The molecule has 4 aliphatic heterocycles. The number of halogens is 1. The molecule has 350 valence electrons. The van der Waals surface area contributed by atoms with Crippen molar-refractivity contribution in [3.8, 4) is 0 Å². The molecule has 3 atom stereocenters. The molecule has 1 aliphatic carbocycles. The van der Waals surface area contributed by atoms with Crippen molar-refractivity contribution in [3.63, 3.8) is 0 Å². The molecule has 0 bridgehead atoms. The van der Waals surface area contributed by atoms with Gasteiger partial charge in [0, 0.05) is 87.0 Å². The largest absolute Gasteiger partial charge is 0.382 e. The number of pyridine rings is 1. The lowest BCUT2D eigenvalue weighted by Crippen LogP contribution is -2.54. The van der Waals surface area contributed by atoms with E-state index in [1.807, 2.05) is 23.2 Å². The lowest BCUT2D eigenvalue weighted by atomic mass is 9.83. The first kappa shape index (κ1) is 45.2. The zero-order valence-electron chi connectivity index (χ0n) is 37.9. The average Bonchev–Trinajstić information content (AvgIpc) is 3.82. The van der Waals surface area contributed by atoms with Gasteiger partial charge in [-0.05, 0) is 109 Å². The Morgan fingerprint density at radius 2 is 1.74 bits per heavy atom. The first-order chi connectivity index (χ1) is 31.9. The highest BCUT2D eigenvalue weighted by Gasteiger charge is 2.46.